The van der Waals surface area contributed by atoms with Crippen LogP contribution in [0, 0.1) is 31.1 Å². The standard InChI is InChI=1S/C15H18N2O/c1-11-5-6-14(12(2)8-11)15(18)17-7-3-4-13(9-16)10-17/h5-6,8,13H,3-4,7,10H2,1-2H3. The quantitative estimate of drug-likeness (QED) is 0.760. The van der Waals surface area contributed by atoms with Crippen molar-refractivity contribution in [3.05, 3.63) is 34.9 Å². The maximum Gasteiger partial charge on any atom is 0.254 e. The number of rotatable bonds is 1. The monoisotopic (exact) mass is 242 g/mol. The second-order valence-electron chi connectivity index (χ2n) is 5.04. The van der Waals surface area contributed by atoms with Gasteiger partial charge in [0.15, 0.2) is 0 Å². The van der Waals surface area contributed by atoms with Gasteiger partial charge in [0.05, 0.1) is 12.0 Å². The van der Waals surface area contributed by atoms with Crippen molar-refractivity contribution >= 4 is 5.91 Å². The lowest BCUT2D eigenvalue weighted by Gasteiger charge is -2.30. The molecular weight excluding hydrogens is 224 g/mol. The number of benzene rings is 1. The molecule has 3 nitrogen and oxygen atoms in total. The summed E-state index contributed by atoms with van der Waals surface area (Å²) in [5, 5.41) is 8.96. The molecular formula is C15H18N2O. The molecule has 0 radical (unpaired) electrons. The molecule has 0 spiro atoms. The second-order valence-corrected chi connectivity index (χ2v) is 5.04. The van der Waals surface area contributed by atoms with Gasteiger partial charge < -0.3 is 4.90 Å². The van der Waals surface area contributed by atoms with E-state index in [4.69, 9.17) is 5.26 Å². The van der Waals surface area contributed by atoms with E-state index < -0.39 is 0 Å². The highest BCUT2D eigenvalue weighted by Crippen LogP contribution is 2.19. The molecule has 1 aliphatic heterocycles. The van der Waals surface area contributed by atoms with Gasteiger partial charge in [0, 0.05) is 18.7 Å². The number of carbonyl (C=O) groups excluding carboxylic acids is 1. The third-order valence-corrected chi connectivity index (χ3v) is 3.50. The molecule has 1 saturated heterocycles. The van der Waals surface area contributed by atoms with Gasteiger partial charge in [0.2, 0.25) is 0 Å². The summed E-state index contributed by atoms with van der Waals surface area (Å²) < 4.78 is 0. The highest BCUT2D eigenvalue weighted by atomic mass is 16.2. The molecule has 1 aromatic carbocycles. The van der Waals surface area contributed by atoms with Crippen molar-refractivity contribution in [2.24, 2.45) is 5.92 Å². The van der Waals surface area contributed by atoms with Gasteiger partial charge in [-0.3, -0.25) is 4.79 Å². The summed E-state index contributed by atoms with van der Waals surface area (Å²) in [5.74, 6) is 0.0564. The SMILES string of the molecule is Cc1ccc(C(=O)N2CCCC(C#N)C2)c(C)c1. The Hall–Kier alpha value is -1.82. The van der Waals surface area contributed by atoms with Crippen LogP contribution < -0.4 is 0 Å². The first-order valence-electron chi connectivity index (χ1n) is 6.38. The first-order chi connectivity index (χ1) is 8.61. The summed E-state index contributed by atoms with van der Waals surface area (Å²) in [7, 11) is 0. The molecule has 1 unspecified atom stereocenters. The fraction of sp³-hybridized carbons (Fsp3) is 0.467. The summed E-state index contributed by atoms with van der Waals surface area (Å²) >= 11 is 0. The van der Waals surface area contributed by atoms with Gasteiger partial charge in [0.25, 0.3) is 5.91 Å². The summed E-state index contributed by atoms with van der Waals surface area (Å²) in [5.41, 5.74) is 2.94. The number of piperidine rings is 1. The van der Waals surface area contributed by atoms with E-state index in [-0.39, 0.29) is 11.8 Å². The molecule has 1 fully saturated rings. The van der Waals surface area contributed by atoms with Gasteiger partial charge in [-0.2, -0.15) is 5.26 Å². The lowest BCUT2D eigenvalue weighted by molar-refractivity contribution is 0.0698. The van der Waals surface area contributed by atoms with Crippen molar-refractivity contribution in [3.63, 3.8) is 0 Å². The highest BCUT2D eigenvalue weighted by molar-refractivity contribution is 5.95. The van der Waals surface area contributed by atoms with Crippen LogP contribution in [0.2, 0.25) is 0 Å². The molecule has 1 aromatic rings. The van der Waals surface area contributed by atoms with E-state index in [0.717, 1.165) is 36.1 Å². The minimum absolute atomic E-state index is 0.00606. The summed E-state index contributed by atoms with van der Waals surface area (Å²) in [6.07, 6.45) is 1.84. The fourth-order valence-electron chi connectivity index (χ4n) is 2.49. The Kier molecular flexibility index (Phi) is 3.66. The zero-order chi connectivity index (χ0) is 13.1. The maximum absolute atomic E-state index is 12.4. The normalized spacial score (nSPS) is 19.4. The minimum Gasteiger partial charge on any atom is -0.337 e. The van der Waals surface area contributed by atoms with Crippen LogP contribution in [0.4, 0.5) is 0 Å². The molecule has 0 saturated carbocycles. The Morgan fingerprint density at radius 2 is 2.22 bits per heavy atom. The predicted molar refractivity (Wildman–Crippen MR) is 70.2 cm³/mol. The van der Waals surface area contributed by atoms with E-state index in [0.29, 0.717) is 6.54 Å². The van der Waals surface area contributed by atoms with Crippen LogP contribution in [0.5, 0.6) is 0 Å². The van der Waals surface area contributed by atoms with E-state index >= 15 is 0 Å². The Balaban J connectivity index is 2.18. The number of aryl methyl sites for hydroxylation is 2. The smallest absolute Gasteiger partial charge is 0.254 e. The molecule has 1 atom stereocenters. The molecule has 18 heavy (non-hydrogen) atoms. The second kappa shape index (κ2) is 5.22. The number of hydrogen-bond donors (Lipinski definition) is 0. The molecule has 1 amide bonds. The molecule has 0 bridgehead atoms. The van der Waals surface area contributed by atoms with E-state index in [1.165, 1.54) is 0 Å². The topological polar surface area (TPSA) is 44.1 Å². The summed E-state index contributed by atoms with van der Waals surface area (Å²) in [6.45, 7) is 5.33. The molecule has 2 rings (SSSR count). The molecule has 94 valence electrons. The lowest BCUT2D eigenvalue weighted by Crippen LogP contribution is -2.39. The van der Waals surface area contributed by atoms with Gasteiger partial charge in [-0.15, -0.1) is 0 Å². The molecule has 0 N–H and O–H groups in total. The van der Waals surface area contributed by atoms with Crippen LogP contribution in [0.15, 0.2) is 18.2 Å². The van der Waals surface area contributed by atoms with Crippen molar-refractivity contribution in [2.45, 2.75) is 26.7 Å². The predicted octanol–water partition coefficient (Wildman–Crippen LogP) is 2.68. The number of hydrogen-bond acceptors (Lipinski definition) is 2. The first-order valence-corrected chi connectivity index (χ1v) is 6.38. The first kappa shape index (κ1) is 12.6. The van der Waals surface area contributed by atoms with Crippen LogP contribution in [0.1, 0.15) is 34.3 Å². The number of carbonyl (C=O) groups is 1. The largest absolute Gasteiger partial charge is 0.337 e. The minimum atomic E-state index is -0.00606. The summed E-state index contributed by atoms with van der Waals surface area (Å²) in [6, 6.07) is 8.15. The van der Waals surface area contributed by atoms with Crippen molar-refractivity contribution < 1.29 is 4.79 Å². The zero-order valence-corrected chi connectivity index (χ0v) is 10.9. The number of amides is 1. The average Bonchev–Trinajstić information content (AvgIpc) is 2.38. The Morgan fingerprint density at radius 1 is 1.44 bits per heavy atom. The molecule has 0 aliphatic carbocycles. The van der Waals surface area contributed by atoms with Crippen molar-refractivity contribution in [1.29, 1.82) is 5.26 Å². The maximum atomic E-state index is 12.4. The number of nitrogens with zero attached hydrogens (tertiary/aromatic N) is 2. The van der Waals surface area contributed by atoms with Crippen molar-refractivity contribution in [1.82, 2.24) is 4.90 Å². The van der Waals surface area contributed by atoms with Crippen molar-refractivity contribution in [2.75, 3.05) is 13.1 Å². The third kappa shape index (κ3) is 2.53. The number of likely N-dealkylation sites (tertiary alicyclic amines) is 1. The average molecular weight is 242 g/mol. The van der Waals surface area contributed by atoms with Gasteiger partial charge >= 0.3 is 0 Å². The summed E-state index contributed by atoms with van der Waals surface area (Å²) in [4.78, 5) is 14.2. The van der Waals surface area contributed by atoms with E-state index in [1.807, 2.05) is 36.9 Å². The van der Waals surface area contributed by atoms with Crippen molar-refractivity contribution in [3.8, 4) is 6.07 Å². The molecule has 1 heterocycles. The molecule has 0 aromatic heterocycles. The van der Waals surface area contributed by atoms with Gasteiger partial charge in [0.1, 0.15) is 0 Å². The molecule has 3 heteroatoms. The van der Waals surface area contributed by atoms with Gasteiger partial charge in [-0.1, -0.05) is 17.7 Å². The molecule has 1 aliphatic rings. The Morgan fingerprint density at radius 3 is 2.89 bits per heavy atom. The fourth-order valence-corrected chi connectivity index (χ4v) is 2.49. The van der Waals surface area contributed by atoms with Crippen LogP contribution in [0.3, 0.4) is 0 Å². The Labute approximate surface area is 108 Å². The number of nitriles is 1. The van der Waals surface area contributed by atoms with E-state index in [9.17, 15) is 4.79 Å². The lowest BCUT2D eigenvalue weighted by atomic mass is 9.98. The van der Waals surface area contributed by atoms with E-state index in [2.05, 4.69) is 6.07 Å². The van der Waals surface area contributed by atoms with Gasteiger partial charge in [-0.05, 0) is 38.3 Å². The van der Waals surface area contributed by atoms with Crippen LogP contribution in [-0.4, -0.2) is 23.9 Å². The van der Waals surface area contributed by atoms with Crippen LogP contribution in [-0.2, 0) is 0 Å². The van der Waals surface area contributed by atoms with Gasteiger partial charge in [-0.25, -0.2) is 0 Å². The van der Waals surface area contributed by atoms with E-state index in [1.54, 1.807) is 0 Å². The zero-order valence-electron chi connectivity index (χ0n) is 10.9. The third-order valence-electron chi connectivity index (χ3n) is 3.50. The van der Waals surface area contributed by atoms with Crippen LogP contribution >= 0.6 is 0 Å². The highest BCUT2D eigenvalue weighted by Gasteiger charge is 2.24. The van der Waals surface area contributed by atoms with Crippen LogP contribution in [0.25, 0.3) is 0 Å². The Bertz CT molecular complexity index is 502.